The predicted octanol–water partition coefficient (Wildman–Crippen LogP) is 1.41. The van der Waals surface area contributed by atoms with Crippen LogP contribution in [0.4, 0.5) is 0 Å². The van der Waals surface area contributed by atoms with Crippen molar-refractivity contribution in [2.75, 3.05) is 0 Å². The van der Waals surface area contributed by atoms with Gasteiger partial charge in [-0.1, -0.05) is 0 Å². The van der Waals surface area contributed by atoms with Crippen LogP contribution in [0.25, 0.3) is 4.83 Å². The summed E-state index contributed by atoms with van der Waals surface area (Å²) >= 11 is 1.35. The highest BCUT2D eigenvalue weighted by atomic mass is 32.1. The van der Waals surface area contributed by atoms with Crippen molar-refractivity contribution in [2.45, 2.75) is 6.92 Å². The normalized spacial score (nSPS) is 10.5. The molecule has 0 aliphatic carbocycles. The number of aromatic nitrogens is 2. The number of aldehydes is 1. The second-order valence-electron chi connectivity index (χ2n) is 2.60. The highest BCUT2D eigenvalue weighted by Gasteiger charge is 2.12. The number of carbonyl (C=O) groups is 2. The second-order valence-corrected chi connectivity index (χ2v) is 3.46. The highest BCUT2D eigenvalue weighted by Crippen LogP contribution is 2.19. The minimum absolute atomic E-state index is 0.0817. The van der Waals surface area contributed by atoms with Gasteiger partial charge in [0, 0.05) is 12.3 Å². The molecule has 0 atom stereocenters. The van der Waals surface area contributed by atoms with Crippen molar-refractivity contribution in [3.63, 3.8) is 0 Å². The van der Waals surface area contributed by atoms with Crippen LogP contribution in [0.1, 0.15) is 27.9 Å². The number of thiazole rings is 1. The molecule has 0 aliphatic rings. The third-order valence-corrected chi connectivity index (χ3v) is 2.72. The number of imidazole rings is 1. The zero-order valence-corrected chi connectivity index (χ0v) is 7.67. The predicted molar refractivity (Wildman–Crippen MR) is 48.5 cm³/mol. The zero-order valence-electron chi connectivity index (χ0n) is 6.85. The molecule has 4 nitrogen and oxygen atoms in total. The lowest BCUT2D eigenvalue weighted by molar-refractivity contribution is 0.101. The molecule has 0 saturated carbocycles. The first-order valence-corrected chi connectivity index (χ1v) is 4.52. The second kappa shape index (κ2) is 2.77. The molecule has 0 saturated heterocycles. The maximum atomic E-state index is 11.1. The largest absolute Gasteiger partial charge is 0.296 e. The Bertz CT molecular complexity index is 483. The molecule has 2 aromatic heterocycles. The van der Waals surface area contributed by atoms with E-state index < -0.39 is 0 Å². The summed E-state index contributed by atoms with van der Waals surface area (Å²) in [6, 6.07) is 0. The molecule has 0 radical (unpaired) electrons. The van der Waals surface area contributed by atoms with Gasteiger partial charge in [-0.3, -0.25) is 14.0 Å². The number of rotatable bonds is 2. The fourth-order valence-electron chi connectivity index (χ4n) is 1.13. The molecular formula is C8H6N2O2S. The van der Waals surface area contributed by atoms with Crippen LogP contribution in [0.3, 0.4) is 0 Å². The number of nitrogens with zero attached hydrogens (tertiary/aromatic N) is 2. The molecule has 66 valence electrons. The van der Waals surface area contributed by atoms with Gasteiger partial charge in [0.05, 0.1) is 5.69 Å². The Balaban J connectivity index is 2.76. The van der Waals surface area contributed by atoms with Crippen molar-refractivity contribution in [1.29, 1.82) is 0 Å². The molecule has 0 aromatic carbocycles. The number of ketones is 1. The van der Waals surface area contributed by atoms with E-state index in [1.165, 1.54) is 24.6 Å². The minimum atomic E-state index is -0.0817. The number of hydrogen-bond donors (Lipinski definition) is 0. The van der Waals surface area contributed by atoms with Crippen molar-refractivity contribution >= 4 is 28.2 Å². The molecule has 2 rings (SSSR count). The van der Waals surface area contributed by atoms with Crippen LogP contribution in [-0.4, -0.2) is 21.5 Å². The lowest BCUT2D eigenvalue weighted by Gasteiger charge is -1.85. The molecule has 0 aliphatic heterocycles. The molecule has 0 fully saturated rings. The van der Waals surface area contributed by atoms with Gasteiger partial charge in [-0.2, -0.15) is 0 Å². The van der Waals surface area contributed by atoms with Gasteiger partial charge in [0.15, 0.2) is 12.1 Å². The number of Topliss-reactive ketones (excluding diaryl/α,β-unsaturated/α-hetero) is 1. The Labute approximate surface area is 77.8 Å². The SMILES string of the molecule is CC(=O)c1ncn2c(C=O)csc12. The summed E-state index contributed by atoms with van der Waals surface area (Å²) in [6.07, 6.45) is 2.24. The number of fused-ring (bicyclic) bond motifs is 1. The first-order valence-electron chi connectivity index (χ1n) is 3.64. The summed E-state index contributed by atoms with van der Waals surface area (Å²) in [5, 5.41) is 1.70. The zero-order chi connectivity index (χ0) is 9.42. The van der Waals surface area contributed by atoms with E-state index in [2.05, 4.69) is 4.98 Å². The fourth-order valence-corrected chi connectivity index (χ4v) is 2.11. The Morgan fingerprint density at radius 3 is 3.08 bits per heavy atom. The first kappa shape index (κ1) is 8.12. The summed E-state index contributed by atoms with van der Waals surface area (Å²) in [7, 11) is 0. The quantitative estimate of drug-likeness (QED) is 0.536. The van der Waals surface area contributed by atoms with E-state index in [1.807, 2.05) is 0 Å². The molecule has 0 unspecified atom stereocenters. The highest BCUT2D eigenvalue weighted by molar-refractivity contribution is 7.16. The summed E-state index contributed by atoms with van der Waals surface area (Å²) in [4.78, 5) is 26.3. The van der Waals surface area contributed by atoms with Crippen LogP contribution in [0, 0.1) is 0 Å². The lowest BCUT2D eigenvalue weighted by atomic mass is 10.3. The minimum Gasteiger partial charge on any atom is -0.296 e. The van der Waals surface area contributed by atoms with Crippen LogP contribution >= 0.6 is 11.3 Å². The van der Waals surface area contributed by atoms with Gasteiger partial charge in [0.1, 0.15) is 16.9 Å². The summed E-state index contributed by atoms with van der Waals surface area (Å²) in [5.41, 5.74) is 0.957. The van der Waals surface area contributed by atoms with E-state index in [1.54, 1.807) is 9.78 Å². The summed E-state index contributed by atoms with van der Waals surface area (Å²) in [5.74, 6) is -0.0817. The van der Waals surface area contributed by atoms with Crippen LogP contribution in [0.15, 0.2) is 11.7 Å². The lowest BCUT2D eigenvalue weighted by Crippen LogP contribution is -1.91. The average molecular weight is 194 g/mol. The maximum absolute atomic E-state index is 11.1. The monoisotopic (exact) mass is 194 g/mol. The molecule has 0 amide bonds. The Hall–Kier alpha value is -1.49. The molecule has 5 heteroatoms. The van der Waals surface area contributed by atoms with Crippen molar-refractivity contribution < 1.29 is 9.59 Å². The van der Waals surface area contributed by atoms with Crippen molar-refractivity contribution in [3.8, 4) is 0 Å². The van der Waals surface area contributed by atoms with Gasteiger partial charge in [-0.15, -0.1) is 11.3 Å². The van der Waals surface area contributed by atoms with Crippen LogP contribution in [0.2, 0.25) is 0 Å². The van der Waals surface area contributed by atoms with E-state index in [9.17, 15) is 9.59 Å². The van der Waals surface area contributed by atoms with Gasteiger partial charge in [-0.25, -0.2) is 4.98 Å². The van der Waals surface area contributed by atoms with E-state index in [-0.39, 0.29) is 5.78 Å². The first-order chi connectivity index (χ1) is 6.24. The third-order valence-electron chi connectivity index (χ3n) is 1.75. The van der Waals surface area contributed by atoms with E-state index in [0.29, 0.717) is 11.4 Å². The number of carbonyl (C=O) groups excluding carboxylic acids is 2. The molecule has 0 N–H and O–H groups in total. The summed E-state index contributed by atoms with van der Waals surface area (Å²) in [6.45, 7) is 1.46. The van der Waals surface area contributed by atoms with Gasteiger partial charge < -0.3 is 0 Å². The van der Waals surface area contributed by atoms with Crippen LogP contribution in [0.5, 0.6) is 0 Å². The van der Waals surface area contributed by atoms with Crippen LogP contribution < -0.4 is 0 Å². The molecule has 2 aromatic rings. The number of hydrogen-bond acceptors (Lipinski definition) is 4. The van der Waals surface area contributed by atoms with Crippen molar-refractivity contribution in [3.05, 3.63) is 23.1 Å². The van der Waals surface area contributed by atoms with Gasteiger partial charge in [0.2, 0.25) is 0 Å². The van der Waals surface area contributed by atoms with E-state index in [4.69, 9.17) is 0 Å². The third kappa shape index (κ3) is 1.08. The smallest absolute Gasteiger partial charge is 0.181 e. The van der Waals surface area contributed by atoms with Gasteiger partial charge >= 0.3 is 0 Å². The summed E-state index contributed by atoms with van der Waals surface area (Å²) < 4.78 is 1.62. The molecular weight excluding hydrogens is 188 g/mol. The maximum Gasteiger partial charge on any atom is 0.181 e. The van der Waals surface area contributed by atoms with Crippen molar-refractivity contribution in [1.82, 2.24) is 9.38 Å². The average Bonchev–Trinajstić information content (AvgIpc) is 2.61. The fraction of sp³-hybridized carbons (Fsp3) is 0.125. The van der Waals surface area contributed by atoms with Crippen LogP contribution in [-0.2, 0) is 0 Å². The topological polar surface area (TPSA) is 51.4 Å². The molecule has 0 spiro atoms. The Morgan fingerprint density at radius 1 is 1.69 bits per heavy atom. The van der Waals surface area contributed by atoms with E-state index in [0.717, 1.165) is 11.1 Å². The Morgan fingerprint density at radius 2 is 2.46 bits per heavy atom. The molecule has 2 heterocycles. The Kier molecular flexibility index (Phi) is 1.73. The van der Waals surface area contributed by atoms with Gasteiger partial charge in [-0.05, 0) is 0 Å². The van der Waals surface area contributed by atoms with Gasteiger partial charge in [0.25, 0.3) is 0 Å². The molecule has 13 heavy (non-hydrogen) atoms. The standard InChI is InChI=1S/C8H6N2O2S/c1-5(12)7-8-10(4-9-7)6(2-11)3-13-8/h2-4H,1H3. The van der Waals surface area contributed by atoms with Crippen molar-refractivity contribution in [2.24, 2.45) is 0 Å². The van der Waals surface area contributed by atoms with E-state index >= 15 is 0 Å². The molecule has 0 bridgehead atoms.